The Morgan fingerprint density at radius 1 is 1.23 bits per heavy atom. The number of aromatic nitrogens is 2. The summed E-state index contributed by atoms with van der Waals surface area (Å²) >= 11 is 0. The number of carbonyl (C=O) groups is 1. The molecule has 1 aliphatic heterocycles. The van der Waals surface area contributed by atoms with Crippen LogP contribution >= 0.6 is 0 Å². The number of para-hydroxylation sites is 1. The molecule has 1 aromatic heterocycles. The van der Waals surface area contributed by atoms with Gasteiger partial charge in [-0.2, -0.15) is 5.10 Å². The van der Waals surface area contributed by atoms with E-state index in [1.54, 1.807) is 10.9 Å². The molecule has 0 saturated carbocycles. The first-order chi connectivity index (χ1) is 10.6. The fourth-order valence-corrected chi connectivity index (χ4v) is 2.91. The van der Waals surface area contributed by atoms with Gasteiger partial charge in [0.15, 0.2) is 0 Å². The Morgan fingerprint density at radius 3 is 2.59 bits per heavy atom. The highest BCUT2D eigenvalue weighted by molar-refractivity contribution is 5.93. The van der Waals surface area contributed by atoms with Gasteiger partial charge < -0.3 is 9.80 Å². The van der Waals surface area contributed by atoms with Gasteiger partial charge in [0.05, 0.1) is 17.4 Å². The fraction of sp³-hybridized carbons (Fsp3) is 0.412. The molecule has 0 radical (unpaired) electrons. The zero-order chi connectivity index (χ0) is 15.5. The molecule has 1 fully saturated rings. The Balaban J connectivity index is 1.71. The summed E-state index contributed by atoms with van der Waals surface area (Å²) in [5.74, 6) is 0.0525. The van der Waals surface area contributed by atoms with Crippen LogP contribution in [0.2, 0.25) is 0 Å². The van der Waals surface area contributed by atoms with Gasteiger partial charge in [0, 0.05) is 19.3 Å². The standard InChI is InChI=1S/C17H22N4O/c1-19-10-8-15(9-11-19)20(2)17(22)14-12-18-21(13-14)16-6-4-3-5-7-16/h3-7,12-13,15H,8-11H2,1-2H3. The van der Waals surface area contributed by atoms with Crippen LogP contribution in [-0.2, 0) is 0 Å². The van der Waals surface area contributed by atoms with E-state index >= 15 is 0 Å². The third-order valence-electron chi connectivity index (χ3n) is 4.41. The van der Waals surface area contributed by atoms with E-state index in [-0.39, 0.29) is 5.91 Å². The molecule has 0 spiro atoms. The summed E-state index contributed by atoms with van der Waals surface area (Å²) in [5.41, 5.74) is 1.61. The maximum absolute atomic E-state index is 12.6. The van der Waals surface area contributed by atoms with E-state index in [2.05, 4.69) is 17.0 Å². The summed E-state index contributed by atoms with van der Waals surface area (Å²) in [6.45, 7) is 2.09. The Hall–Kier alpha value is -2.14. The summed E-state index contributed by atoms with van der Waals surface area (Å²) < 4.78 is 1.75. The highest BCUT2D eigenvalue weighted by Gasteiger charge is 2.25. The maximum Gasteiger partial charge on any atom is 0.257 e. The summed E-state index contributed by atoms with van der Waals surface area (Å²) in [4.78, 5) is 16.8. The summed E-state index contributed by atoms with van der Waals surface area (Å²) in [6.07, 6.45) is 5.53. The van der Waals surface area contributed by atoms with Crippen molar-refractivity contribution in [3.05, 3.63) is 48.3 Å². The first-order valence-electron chi connectivity index (χ1n) is 7.71. The molecule has 22 heavy (non-hydrogen) atoms. The van der Waals surface area contributed by atoms with Crippen molar-refractivity contribution in [2.75, 3.05) is 27.2 Å². The quantitative estimate of drug-likeness (QED) is 0.871. The van der Waals surface area contributed by atoms with Crippen LogP contribution in [0.1, 0.15) is 23.2 Å². The van der Waals surface area contributed by atoms with Gasteiger partial charge in [0.25, 0.3) is 5.91 Å². The molecule has 0 N–H and O–H groups in total. The number of hydrogen-bond donors (Lipinski definition) is 0. The van der Waals surface area contributed by atoms with Crippen molar-refractivity contribution in [1.29, 1.82) is 0 Å². The predicted octanol–water partition coefficient (Wildman–Crippen LogP) is 2.04. The van der Waals surface area contributed by atoms with Crippen molar-refractivity contribution in [1.82, 2.24) is 19.6 Å². The SMILES string of the molecule is CN1CCC(N(C)C(=O)c2cnn(-c3ccccc3)c2)CC1. The third kappa shape index (κ3) is 3.04. The van der Waals surface area contributed by atoms with Crippen LogP contribution in [0.3, 0.4) is 0 Å². The monoisotopic (exact) mass is 298 g/mol. The molecule has 1 aliphatic rings. The zero-order valence-electron chi connectivity index (χ0n) is 13.1. The average molecular weight is 298 g/mol. The first kappa shape index (κ1) is 14.8. The van der Waals surface area contributed by atoms with E-state index in [0.717, 1.165) is 31.6 Å². The van der Waals surface area contributed by atoms with Crippen LogP contribution in [0, 0.1) is 0 Å². The smallest absolute Gasteiger partial charge is 0.257 e. The molecule has 0 atom stereocenters. The fourth-order valence-electron chi connectivity index (χ4n) is 2.91. The Labute approximate surface area is 131 Å². The minimum atomic E-state index is 0.0525. The molecular formula is C17H22N4O. The number of hydrogen-bond acceptors (Lipinski definition) is 3. The summed E-state index contributed by atoms with van der Waals surface area (Å²) in [7, 11) is 4.03. The lowest BCUT2D eigenvalue weighted by Gasteiger charge is -2.34. The zero-order valence-corrected chi connectivity index (χ0v) is 13.1. The number of carbonyl (C=O) groups excluding carboxylic acids is 1. The lowest BCUT2D eigenvalue weighted by Crippen LogP contribution is -2.44. The Morgan fingerprint density at radius 2 is 1.91 bits per heavy atom. The second-order valence-electron chi connectivity index (χ2n) is 5.96. The molecule has 5 heteroatoms. The molecule has 0 unspecified atom stereocenters. The van der Waals surface area contributed by atoms with Crippen molar-refractivity contribution in [3.8, 4) is 5.69 Å². The van der Waals surface area contributed by atoms with Crippen molar-refractivity contribution < 1.29 is 4.79 Å². The summed E-state index contributed by atoms with van der Waals surface area (Å²) in [6, 6.07) is 10.2. The molecule has 116 valence electrons. The molecule has 0 bridgehead atoms. The number of piperidine rings is 1. The first-order valence-corrected chi connectivity index (χ1v) is 7.71. The van der Waals surface area contributed by atoms with Crippen molar-refractivity contribution >= 4 is 5.91 Å². The minimum Gasteiger partial charge on any atom is -0.339 e. The predicted molar refractivity (Wildman–Crippen MR) is 86.2 cm³/mol. The normalized spacial score (nSPS) is 16.6. The van der Waals surface area contributed by atoms with Crippen LogP contribution in [0.4, 0.5) is 0 Å². The Kier molecular flexibility index (Phi) is 4.24. The molecule has 0 aliphatic carbocycles. The van der Waals surface area contributed by atoms with Crippen molar-refractivity contribution in [2.24, 2.45) is 0 Å². The number of benzene rings is 1. The second kappa shape index (κ2) is 6.32. The van der Waals surface area contributed by atoms with E-state index in [1.165, 1.54) is 0 Å². The van der Waals surface area contributed by atoms with E-state index < -0.39 is 0 Å². The molecular weight excluding hydrogens is 276 g/mol. The van der Waals surface area contributed by atoms with E-state index in [0.29, 0.717) is 11.6 Å². The lowest BCUT2D eigenvalue weighted by atomic mass is 10.0. The van der Waals surface area contributed by atoms with E-state index in [4.69, 9.17) is 0 Å². The van der Waals surface area contributed by atoms with Crippen molar-refractivity contribution in [2.45, 2.75) is 18.9 Å². The molecule has 1 aromatic carbocycles. The second-order valence-corrected chi connectivity index (χ2v) is 5.96. The molecule has 3 rings (SSSR count). The topological polar surface area (TPSA) is 41.4 Å². The molecule has 2 heterocycles. The van der Waals surface area contributed by atoms with Crippen LogP contribution in [-0.4, -0.2) is 58.7 Å². The minimum absolute atomic E-state index is 0.0525. The van der Waals surface area contributed by atoms with E-state index in [1.807, 2.05) is 48.5 Å². The van der Waals surface area contributed by atoms with Gasteiger partial charge in [-0.25, -0.2) is 4.68 Å². The van der Waals surface area contributed by atoms with Crippen LogP contribution in [0.25, 0.3) is 5.69 Å². The van der Waals surface area contributed by atoms with Gasteiger partial charge in [-0.3, -0.25) is 4.79 Å². The van der Waals surface area contributed by atoms with Gasteiger partial charge in [0.2, 0.25) is 0 Å². The average Bonchev–Trinajstić information content (AvgIpc) is 3.05. The van der Waals surface area contributed by atoms with Crippen LogP contribution < -0.4 is 0 Å². The highest BCUT2D eigenvalue weighted by Crippen LogP contribution is 2.17. The van der Waals surface area contributed by atoms with Crippen molar-refractivity contribution in [3.63, 3.8) is 0 Å². The third-order valence-corrected chi connectivity index (χ3v) is 4.41. The molecule has 5 nitrogen and oxygen atoms in total. The Bertz CT molecular complexity index is 629. The van der Waals surface area contributed by atoms with Gasteiger partial charge in [-0.15, -0.1) is 0 Å². The molecule has 2 aromatic rings. The number of nitrogens with zero attached hydrogens (tertiary/aromatic N) is 4. The summed E-state index contributed by atoms with van der Waals surface area (Å²) in [5, 5.41) is 4.31. The molecule has 1 saturated heterocycles. The van der Waals surface area contributed by atoms with Gasteiger partial charge in [0.1, 0.15) is 0 Å². The van der Waals surface area contributed by atoms with Gasteiger partial charge in [-0.1, -0.05) is 18.2 Å². The van der Waals surface area contributed by atoms with Gasteiger partial charge >= 0.3 is 0 Å². The largest absolute Gasteiger partial charge is 0.339 e. The number of amides is 1. The maximum atomic E-state index is 12.6. The highest BCUT2D eigenvalue weighted by atomic mass is 16.2. The lowest BCUT2D eigenvalue weighted by molar-refractivity contribution is 0.0659. The van der Waals surface area contributed by atoms with Crippen LogP contribution in [0.5, 0.6) is 0 Å². The number of likely N-dealkylation sites (tertiary alicyclic amines) is 1. The molecule has 1 amide bonds. The number of rotatable bonds is 3. The van der Waals surface area contributed by atoms with Crippen LogP contribution in [0.15, 0.2) is 42.7 Å². The van der Waals surface area contributed by atoms with Gasteiger partial charge in [-0.05, 0) is 45.1 Å². The van der Waals surface area contributed by atoms with E-state index in [9.17, 15) is 4.79 Å².